The van der Waals surface area contributed by atoms with Gasteiger partial charge in [0.1, 0.15) is 0 Å². The molecule has 1 aromatic carbocycles. The van der Waals surface area contributed by atoms with Crippen molar-refractivity contribution in [2.45, 2.75) is 13.2 Å². The summed E-state index contributed by atoms with van der Waals surface area (Å²) in [5.41, 5.74) is 6.70. The van der Waals surface area contributed by atoms with Crippen LogP contribution in [0.3, 0.4) is 0 Å². The minimum absolute atomic E-state index is 0. The minimum atomic E-state index is -0.319. The zero-order valence-corrected chi connectivity index (χ0v) is 11.4. The second-order valence-corrected chi connectivity index (χ2v) is 4.74. The highest BCUT2D eigenvalue weighted by Crippen LogP contribution is 2.10. The quantitative estimate of drug-likeness (QED) is 0.310. The van der Waals surface area contributed by atoms with Gasteiger partial charge in [0.15, 0.2) is 0 Å². The number of hydrogen-bond acceptors (Lipinski definition) is 3. The van der Waals surface area contributed by atoms with Gasteiger partial charge in [0.05, 0.1) is 26.7 Å². The summed E-state index contributed by atoms with van der Waals surface area (Å²) in [5.74, 6) is -0.319. The molecular weight excluding hydrogens is 240 g/mol. The standard InChI is InChI=1S/C12H18N2O2.ClH/c1-9(14(2,3)4)16-12(15)10-5-7-11(13)8-6-10;/h5-9H,1-4H3,(H-,13,15);1H. The number of esters is 1. The number of nitrogen functional groups attached to an aromatic ring is 1. The topological polar surface area (TPSA) is 52.3 Å². The third-order valence-electron chi connectivity index (χ3n) is 2.51. The van der Waals surface area contributed by atoms with Gasteiger partial charge in [0.25, 0.3) is 0 Å². The number of ether oxygens (including phenoxy) is 1. The molecule has 0 fully saturated rings. The fourth-order valence-corrected chi connectivity index (χ4v) is 1.00. The highest BCUT2D eigenvalue weighted by atomic mass is 35.5. The second-order valence-electron chi connectivity index (χ2n) is 4.74. The Kier molecular flexibility index (Phi) is 5.45. The molecule has 0 radical (unpaired) electrons. The van der Waals surface area contributed by atoms with Crippen molar-refractivity contribution in [3.63, 3.8) is 0 Å². The van der Waals surface area contributed by atoms with Crippen LogP contribution in [0, 0.1) is 0 Å². The van der Waals surface area contributed by atoms with E-state index in [1.54, 1.807) is 24.3 Å². The number of halogens is 1. The number of carbonyl (C=O) groups is 1. The summed E-state index contributed by atoms with van der Waals surface area (Å²) in [5, 5.41) is 0. The summed E-state index contributed by atoms with van der Waals surface area (Å²) in [6.45, 7) is 1.87. The van der Waals surface area contributed by atoms with Crippen molar-refractivity contribution in [3.05, 3.63) is 29.8 Å². The molecule has 0 aliphatic heterocycles. The number of anilines is 1. The number of nitrogens with zero attached hydrogens (tertiary/aromatic N) is 1. The van der Waals surface area contributed by atoms with Crippen molar-refractivity contribution < 1.29 is 26.4 Å². The monoisotopic (exact) mass is 258 g/mol. The highest BCUT2D eigenvalue weighted by molar-refractivity contribution is 5.89. The molecule has 1 rings (SSSR count). The molecule has 0 amide bonds. The molecule has 96 valence electrons. The first kappa shape index (κ1) is 15.7. The highest BCUT2D eigenvalue weighted by Gasteiger charge is 2.22. The summed E-state index contributed by atoms with van der Waals surface area (Å²) >= 11 is 0. The number of hydrogen-bond donors (Lipinski definition) is 1. The van der Waals surface area contributed by atoms with Crippen molar-refractivity contribution in [1.29, 1.82) is 0 Å². The van der Waals surface area contributed by atoms with Crippen molar-refractivity contribution in [1.82, 2.24) is 0 Å². The van der Waals surface area contributed by atoms with E-state index in [0.29, 0.717) is 15.7 Å². The molecule has 0 bridgehead atoms. The molecule has 0 aliphatic rings. The molecule has 0 heterocycles. The number of benzene rings is 1. The zero-order valence-electron chi connectivity index (χ0n) is 10.6. The molecule has 1 unspecified atom stereocenters. The van der Waals surface area contributed by atoms with Gasteiger partial charge in [-0.3, -0.25) is 4.48 Å². The fraction of sp³-hybridized carbons (Fsp3) is 0.417. The zero-order chi connectivity index (χ0) is 12.3. The van der Waals surface area contributed by atoms with Gasteiger partial charge in [0, 0.05) is 12.6 Å². The number of carbonyl (C=O) groups excluding carboxylic acids is 1. The maximum atomic E-state index is 11.7. The van der Waals surface area contributed by atoms with Crippen molar-refractivity contribution in [2.75, 3.05) is 26.9 Å². The van der Waals surface area contributed by atoms with E-state index >= 15 is 0 Å². The van der Waals surface area contributed by atoms with E-state index in [4.69, 9.17) is 10.5 Å². The molecule has 0 aromatic heterocycles. The smallest absolute Gasteiger partial charge is 0.342 e. The fourth-order valence-electron chi connectivity index (χ4n) is 1.00. The van der Waals surface area contributed by atoms with Crippen LogP contribution in [0.25, 0.3) is 0 Å². The average molecular weight is 259 g/mol. The molecule has 1 atom stereocenters. The second kappa shape index (κ2) is 5.89. The van der Waals surface area contributed by atoms with Crippen LogP contribution < -0.4 is 18.1 Å². The summed E-state index contributed by atoms with van der Waals surface area (Å²) in [7, 11) is 5.92. The van der Waals surface area contributed by atoms with Gasteiger partial charge in [-0.1, -0.05) is 0 Å². The molecule has 1 aromatic rings. The molecule has 5 heteroatoms. The van der Waals surface area contributed by atoms with Crippen LogP contribution in [0.5, 0.6) is 0 Å². The average Bonchev–Trinajstić information content (AvgIpc) is 2.17. The van der Waals surface area contributed by atoms with Gasteiger partial charge in [-0.2, -0.15) is 0 Å². The van der Waals surface area contributed by atoms with E-state index in [2.05, 4.69) is 0 Å². The molecule has 17 heavy (non-hydrogen) atoms. The van der Waals surface area contributed by atoms with Crippen LogP contribution >= 0.6 is 0 Å². The summed E-state index contributed by atoms with van der Waals surface area (Å²) < 4.78 is 5.90. The van der Waals surface area contributed by atoms with Crippen LogP contribution in [0.4, 0.5) is 5.69 Å². The molecule has 4 nitrogen and oxygen atoms in total. The molecule has 0 saturated heterocycles. The first-order valence-corrected chi connectivity index (χ1v) is 5.18. The molecule has 0 saturated carbocycles. The normalized spacial score (nSPS) is 12.5. The summed E-state index contributed by atoms with van der Waals surface area (Å²) in [4.78, 5) is 11.7. The summed E-state index contributed by atoms with van der Waals surface area (Å²) in [6.07, 6.45) is -0.190. The Morgan fingerprint density at radius 3 is 2.12 bits per heavy atom. The van der Waals surface area contributed by atoms with Crippen LogP contribution in [0.1, 0.15) is 17.3 Å². The van der Waals surface area contributed by atoms with Crippen molar-refractivity contribution in [2.24, 2.45) is 0 Å². The lowest BCUT2D eigenvalue weighted by atomic mass is 10.2. The number of rotatable bonds is 3. The van der Waals surface area contributed by atoms with Gasteiger partial charge < -0.3 is 22.9 Å². The van der Waals surface area contributed by atoms with Gasteiger partial charge in [-0.25, -0.2) is 4.79 Å². The van der Waals surface area contributed by atoms with Crippen molar-refractivity contribution in [3.8, 4) is 0 Å². The van der Waals surface area contributed by atoms with Crippen LogP contribution in [0.15, 0.2) is 24.3 Å². The van der Waals surface area contributed by atoms with Gasteiger partial charge in [-0.15, -0.1) is 0 Å². The van der Waals surface area contributed by atoms with E-state index in [1.165, 1.54) is 0 Å². The van der Waals surface area contributed by atoms with E-state index < -0.39 is 0 Å². The van der Waals surface area contributed by atoms with Gasteiger partial charge in [-0.05, 0) is 24.3 Å². The Morgan fingerprint density at radius 1 is 1.24 bits per heavy atom. The predicted octanol–water partition coefficient (Wildman–Crippen LogP) is -1.52. The van der Waals surface area contributed by atoms with E-state index in [-0.39, 0.29) is 24.6 Å². The van der Waals surface area contributed by atoms with Crippen LogP contribution in [-0.4, -0.2) is 37.8 Å². The van der Waals surface area contributed by atoms with Crippen LogP contribution in [0.2, 0.25) is 0 Å². The Bertz CT molecular complexity index is 371. The predicted molar refractivity (Wildman–Crippen MR) is 63.8 cm³/mol. The van der Waals surface area contributed by atoms with E-state index in [1.807, 2.05) is 28.1 Å². The molecular formula is C12H19ClN2O2. The third kappa shape index (κ3) is 4.63. The largest absolute Gasteiger partial charge is 1.00 e. The minimum Gasteiger partial charge on any atom is -1.00 e. The molecule has 0 aliphatic carbocycles. The van der Waals surface area contributed by atoms with Crippen molar-refractivity contribution >= 4 is 11.7 Å². The maximum Gasteiger partial charge on any atom is 0.342 e. The van der Waals surface area contributed by atoms with Crippen LogP contribution in [-0.2, 0) is 4.74 Å². The molecule has 0 spiro atoms. The molecule has 2 N–H and O–H groups in total. The lowest BCUT2D eigenvalue weighted by Gasteiger charge is -2.30. The number of quaternary nitrogens is 1. The lowest BCUT2D eigenvalue weighted by molar-refractivity contribution is -0.914. The SMILES string of the molecule is CC(OC(=O)c1ccc(N)cc1)[N+](C)(C)C.[Cl-]. The number of nitrogens with two attached hydrogens (primary N) is 1. The van der Waals surface area contributed by atoms with E-state index in [9.17, 15) is 4.79 Å². The Hall–Kier alpha value is -1.26. The lowest BCUT2D eigenvalue weighted by Crippen LogP contribution is -3.00. The van der Waals surface area contributed by atoms with Gasteiger partial charge in [0.2, 0.25) is 6.23 Å². The summed E-state index contributed by atoms with van der Waals surface area (Å²) in [6, 6.07) is 6.71. The maximum absolute atomic E-state index is 11.7. The Balaban J connectivity index is 0.00000256. The Labute approximate surface area is 108 Å². The third-order valence-corrected chi connectivity index (χ3v) is 2.51. The Morgan fingerprint density at radius 2 is 1.71 bits per heavy atom. The first-order valence-electron chi connectivity index (χ1n) is 5.18. The first-order chi connectivity index (χ1) is 7.30. The van der Waals surface area contributed by atoms with Gasteiger partial charge >= 0.3 is 5.97 Å². The van der Waals surface area contributed by atoms with E-state index in [0.717, 1.165) is 0 Å².